The highest BCUT2D eigenvalue weighted by molar-refractivity contribution is 7.15. The van der Waals surface area contributed by atoms with Crippen LogP contribution in [-0.2, 0) is 6.42 Å². The molecule has 0 atom stereocenters. The summed E-state index contributed by atoms with van der Waals surface area (Å²) in [5.41, 5.74) is 3.65. The number of carbonyl (C=O) groups is 1. The molecule has 0 radical (unpaired) electrons. The van der Waals surface area contributed by atoms with E-state index in [2.05, 4.69) is 15.4 Å². The van der Waals surface area contributed by atoms with E-state index in [1.165, 1.54) is 0 Å². The number of benzene rings is 2. The number of carbonyl (C=O) groups excluding carboxylic acids is 1. The number of methoxy groups -OCH3 is 1. The third-order valence-electron chi connectivity index (χ3n) is 4.55. The molecule has 0 fully saturated rings. The van der Waals surface area contributed by atoms with E-state index in [0.717, 1.165) is 27.5 Å². The van der Waals surface area contributed by atoms with Crippen molar-refractivity contribution in [2.45, 2.75) is 13.3 Å². The van der Waals surface area contributed by atoms with Gasteiger partial charge in [-0.3, -0.25) is 4.79 Å². The lowest BCUT2D eigenvalue weighted by Gasteiger charge is -2.07. The Balaban J connectivity index is 1.45. The predicted octanol–water partition coefficient (Wildman–Crippen LogP) is 3.75. The summed E-state index contributed by atoms with van der Waals surface area (Å²) in [6, 6.07) is 15.3. The number of fused-ring (bicyclic) bond motifs is 1. The second kappa shape index (κ2) is 7.82. The van der Waals surface area contributed by atoms with Gasteiger partial charge in [0, 0.05) is 29.5 Å². The maximum atomic E-state index is 12.3. The molecular weight excluding hydrogens is 372 g/mol. The quantitative estimate of drug-likeness (QED) is 0.543. The number of rotatable bonds is 6. The molecular formula is C21H20N4O2S. The van der Waals surface area contributed by atoms with Crippen LogP contribution in [-0.4, -0.2) is 34.2 Å². The number of aryl methyl sites for hydroxylation is 1. The summed E-state index contributed by atoms with van der Waals surface area (Å²) in [5, 5.41) is 9.65. The number of hydrogen-bond acceptors (Lipinski definition) is 5. The summed E-state index contributed by atoms with van der Waals surface area (Å²) in [7, 11) is 1.64. The number of ether oxygens (including phenoxy) is 1. The summed E-state index contributed by atoms with van der Waals surface area (Å²) in [6.07, 6.45) is 0.684. The lowest BCUT2D eigenvalue weighted by Crippen LogP contribution is -2.26. The van der Waals surface area contributed by atoms with Crippen molar-refractivity contribution in [1.29, 1.82) is 0 Å². The third kappa shape index (κ3) is 3.61. The van der Waals surface area contributed by atoms with Crippen LogP contribution in [0, 0.1) is 6.92 Å². The molecule has 142 valence electrons. The molecule has 0 spiro atoms. The van der Waals surface area contributed by atoms with Crippen LogP contribution in [0.1, 0.15) is 21.6 Å². The van der Waals surface area contributed by atoms with Crippen molar-refractivity contribution < 1.29 is 9.53 Å². The van der Waals surface area contributed by atoms with Crippen molar-refractivity contribution in [2.75, 3.05) is 13.7 Å². The van der Waals surface area contributed by atoms with E-state index in [9.17, 15) is 4.79 Å². The maximum absolute atomic E-state index is 12.3. The maximum Gasteiger partial charge on any atom is 0.251 e. The zero-order chi connectivity index (χ0) is 19.5. The summed E-state index contributed by atoms with van der Waals surface area (Å²) in [6.45, 7) is 2.48. The lowest BCUT2D eigenvalue weighted by atomic mass is 10.1. The molecule has 2 aromatic carbocycles. The van der Waals surface area contributed by atoms with Gasteiger partial charge >= 0.3 is 0 Å². The average Bonchev–Trinajstić information content (AvgIpc) is 3.30. The molecule has 4 rings (SSSR count). The fourth-order valence-electron chi connectivity index (χ4n) is 2.99. The van der Waals surface area contributed by atoms with Gasteiger partial charge in [0.15, 0.2) is 5.82 Å². The van der Waals surface area contributed by atoms with Gasteiger partial charge < -0.3 is 10.1 Å². The Morgan fingerprint density at radius 3 is 2.71 bits per heavy atom. The van der Waals surface area contributed by atoms with Crippen LogP contribution >= 0.6 is 11.3 Å². The van der Waals surface area contributed by atoms with Crippen LogP contribution in [0.3, 0.4) is 0 Å². The van der Waals surface area contributed by atoms with Gasteiger partial charge in [0.25, 0.3) is 5.91 Å². The first-order valence-corrected chi connectivity index (χ1v) is 9.85. The largest absolute Gasteiger partial charge is 0.497 e. The molecule has 0 aliphatic heterocycles. The van der Waals surface area contributed by atoms with E-state index in [1.807, 2.05) is 65.4 Å². The number of thiazole rings is 1. The molecule has 6 nitrogen and oxygen atoms in total. The van der Waals surface area contributed by atoms with Gasteiger partial charge in [0.2, 0.25) is 4.96 Å². The number of nitrogens with zero attached hydrogens (tertiary/aromatic N) is 3. The highest BCUT2D eigenvalue weighted by atomic mass is 32.1. The van der Waals surface area contributed by atoms with Crippen LogP contribution in [0.5, 0.6) is 5.75 Å². The van der Waals surface area contributed by atoms with Crippen LogP contribution in [0.25, 0.3) is 16.3 Å². The smallest absolute Gasteiger partial charge is 0.251 e. The Labute approximate surface area is 166 Å². The third-order valence-corrected chi connectivity index (χ3v) is 5.42. The van der Waals surface area contributed by atoms with Crippen molar-refractivity contribution in [2.24, 2.45) is 0 Å². The molecule has 4 aromatic rings. The molecule has 7 heteroatoms. The van der Waals surface area contributed by atoms with E-state index < -0.39 is 0 Å². The lowest BCUT2D eigenvalue weighted by molar-refractivity contribution is 0.0953. The molecule has 0 saturated carbocycles. The Morgan fingerprint density at radius 1 is 1.18 bits per heavy atom. The molecule has 0 bridgehead atoms. The van der Waals surface area contributed by atoms with E-state index in [1.54, 1.807) is 18.4 Å². The van der Waals surface area contributed by atoms with Gasteiger partial charge in [0.1, 0.15) is 5.75 Å². The second-order valence-electron chi connectivity index (χ2n) is 6.41. The molecule has 28 heavy (non-hydrogen) atoms. The molecule has 2 heterocycles. The SMILES string of the molecule is COc1ccc(-c2nc3scc(CCNC(=O)c4ccccc4C)n3n2)cc1. The van der Waals surface area contributed by atoms with Gasteiger partial charge in [0.05, 0.1) is 12.8 Å². The number of aromatic nitrogens is 3. The Morgan fingerprint density at radius 2 is 1.96 bits per heavy atom. The molecule has 2 aromatic heterocycles. The Hall–Kier alpha value is -3.19. The minimum absolute atomic E-state index is 0.0536. The molecule has 0 saturated heterocycles. The van der Waals surface area contributed by atoms with Crippen molar-refractivity contribution in [3.8, 4) is 17.1 Å². The van der Waals surface area contributed by atoms with Gasteiger partial charge in [-0.1, -0.05) is 18.2 Å². The van der Waals surface area contributed by atoms with E-state index in [4.69, 9.17) is 4.74 Å². The normalized spacial score (nSPS) is 10.9. The molecule has 1 N–H and O–H groups in total. The van der Waals surface area contributed by atoms with Crippen LogP contribution in [0.15, 0.2) is 53.9 Å². The van der Waals surface area contributed by atoms with E-state index in [-0.39, 0.29) is 5.91 Å². The van der Waals surface area contributed by atoms with Gasteiger partial charge in [-0.05, 0) is 42.8 Å². The predicted molar refractivity (Wildman–Crippen MR) is 110 cm³/mol. The number of hydrogen-bond donors (Lipinski definition) is 1. The van der Waals surface area contributed by atoms with Crippen LogP contribution < -0.4 is 10.1 Å². The standard InChI is InChI=1S/C21H20N4O2S/c1-14-5-3-4-6-18(14)20(26)22-12-11-16-13-28-21-23-19(24-25(16)21)15-7-9-17(27-2)10-8-15/h3-10,13H,11-12H2,1-2H3,(H,22,26). The topological polar surface area (TPSA) is 68.5 Å². The van der Waals surface area contributed by atoms with Gasteiger partial charge in [-0.15, -0.1) is 16.4 Å². The van der Waals surface area contributed by atoms with Crippen molar-refractivity contribution >= 4 is 22.2 Å². The summed E-state index contributed by atoms with van der Waals surface area (Å²) < 4.78 is 7.04. The molecule has 0 unspecified atom stereocenters. The van der Waals surface area contributed by atoms with Crippen LogP contribution in [0.4, 0.5) is 0 Å². The fourth-order valence-corrected chi connectivity index (χ4v) is 3.84. The van der Waals surface area contributed by atoms with Crippen LogP contribution in [0.2, 0.25) is 0 Å². The zero-order valence-corrected chi connectivity index (χ0v) is 16.5. The highest BCUT2D eigenvalue weighted by Crippen LogP contribution is 2.23. The molecule has 0 aliphatic rings. The summed E-state index contributed by atoms with van der Waals surface area (Å²) >= 11 is 1.55. The summed E-state index contributed by atoms with van der Waals surface area (Å²) in [5.74, 6) is 1.43. The second-order valence-corrected chi connectivity index (χ2v) is 7.24. The van der Waals surface area contributed by atoms with Gasteiger partial charge in [-0.25, -0.2) is 4.52 Å². The monoisotopic (exact) mass is 392 g/mol. The minimum atomic E-state index is -0.0536. The van der Waals surface area contributed by atoms with Gasteiger partial charge in [-0.2, -0.15) is 4.98 Å². The van der Waals surface area contributed by atoms with Crippen molar-refractivity contribution in [3.05, 3.63) is 70.7 Å². The van der Waals surface area contributed by atoms with E-state index >= 15 is 0 Å². The highest BCUT2D eigenvalue weighted by Gasteiger charge is 2.13. The number of amides is 1. The summed E-state index contributed by atoms with van der Waals surface area (Å²) in [4.78, 5) is 17.8. The minimum Gasteiger partial charge on any atom is -0.497 e. The van der Waals surface area contributed by atoms with Crippen molar-refractivity contribution in [1.82, 2.24) is 19.9 Å². The molecule has 1 amide bonds. The van der Waals surface area contributed by atoms with Crippen molar-refractivity contribution in [3.63, 3.8) is 0 Å². The zero-order valence-electron chi connectivity index (χ0n) is 15.7. The Bertz CT molecular complexity index is 1120. The first-order chi connectivity index (χ1) is 13.7. The molecule has 0 aliphatic carbocycles. The fraction of sp³-hybridized carbons (Fsp3) is 0.190. The first kappa shape index (κ1) is 18.2. The number of nitrogens with one attached hydrogen (secondary N) is 1. The Kier molecular flexibility index (Phi) is 5.08. The van der Waals surface area contributed by atoms with E-state index in [0.29, 0.717) is 24.4 Å². The average molecular weight is 392 g/mol. The first-order valence-electron chi connectivity index (χ1n) is 8.97.